The van der Waals surface area contributed by atoms with E-state index in [2.05, 4.69) is 35.4 Å². The Balaban J connectivity index is 1.47. The van der Waals surface area contributed by atoms with E-state index < -0.39 is 0 Å². The smallest absolute Gasteiger partial charge is 0.234 e. The lowest BCUT2D eigenvalue weighted by molar-refractivity contribution is -0.122. The van der Waals surface area contributed by atoms with Crippen LogP contribution in [0.25, 0.3) is 10.2 Å². The largest absolute Gasteiger partial charge is 0.354 e. The molecule has 0 radical (unpaired) electrons. The van der Waals surface area contributed by atoms with Crippen LogP contribution in [0, 0.1) is 0 Å². The van der Waals surface area contributed by atoms with Gasteiger partial charge in [-0.15, -0.1) is 11.3 Å². The van der Waals surface area contributed by atoms with Crippen LogP contribution in [0.3, 0.4) is 0 Å². The molecule has 0 spiro atoms. The summed E-state index contributed by atoms with van der Waals surface area (Å²) >= 11 is 1.68. The molecule has 1 N–H and O–H groups in total. The van der Waals surface area contributed by atoms with Gasteiger partial charge in [0.15, 0.2) is 0 Å². The van der Waals surface area contributed by atoms with Crippen LogP contribution in [0.4, 0.5) is 0 Å². The monoisotopic (exact) mass is 353 g/mol. The number of nitrogens with zero attached hydrogens (tertiary/aromatic N) is 2. The number of rotatable bonds is 7. The molecule has 1 heterocycles. The summed E-state index contributed by atoms with van der Waals surface area (Å²) in [5.41, 5.74) is 2.27. The number of likely N-dealkylation sites (N-methyl/N-ethyl adjacent to an activating group) is 1. The molecule has 1 amide bonds. The molecule has 0 aliphatic heterocycles. The molecule has 0 saturated heterocycles. The second kappa shape index (κ2) is 8.23. The highest BCUT2D eigenvalue weighted by molar-refractivity contribution is 7.18. The summed E-state index contributed by atoms with van der Waals surface area (Å²) in [7, 11) is 1.95. The highest BCUT2D eigenvalue weighted by Crippen LogP contribution is 2.22. The number of amides is 1. The molecule has 25 heavy (non-hydrogen) atoms. The van der Waals surface area contributed by atoms with Crippen LogP contribution < -0.4 is 5.32 Å². The lowest BCUT2D eigenvalue weighted by Gasteiger charge is -2.17. The normalized spacial score (nSPS) is 12.4. The van der Waals surface area contributed by atoms with E-state index >= 15 is 0 Å². The zero-order valence-corrected chi connectivity index (χ0v) is 15.4. The third-order valence-corrected chi connectivity index (χ3v) is 5.15. The Hall–Kier alpha value is -2.24. The van der Waals surface area contributed by atoms with E-state index in [0.717, 1.165) is 10.5 Å². The quantitative estimate of drug-likeness (QED) is 0.705. The summed E-state index contributed by atoms with van der Waals surface area (Å²) in [6.45, 7) is 3.83. The molecule has 0 bridgehead atoms. The van der Waals surface area contributed by atoms with Gasteiger partial charge in [-0.2, -0.15) is 0 Å². The number of fused-ring (bicyclic) bond motifs is 1. The van der Waals surface area contributed by atoms with Crippen molar-refractivity contribution in [3.05, 3.63) is 65.2 Å². The average molecular weight is 353 g/mol. The van der Waals surface area contributed by atoms with Crippen molar-refractivity contribution in [1.82, 2.24) is 15.2 Å². The molecule has 0 aliphatic rings. The lowest BCUT2D eigenvalue weighted by Crippen LogP contribution is -2.36. The van der Waals surface area contributed by atoms with Crippen molar-refractivity contribution in [2.75, 3.05) is 20.1 Å². The van der Waals surface area contributed by atoms with E-state index in [0.29, 0.717) is 25.6 Å². The Kier molecular flexibility index (Phi) is 5.79. The fourth-order valence-corrected chi connectivity index (χ4v) is 3.79. The maximum atomic E-state index is 12.2. The van der Waals surface area contributed by atoms with Crippen LogP contribution in [-0.2, 0) is 11.3 Å². The van der Waals surface area contributed by atoms with Crippen LogP contribution in [0.2, 0.25) is 0 Å². The Labute approximate surface area is 152 Å². The van der Waals surface area contributed by atoms with Crippen molar-refractivity contribution in [3.8, 4) is 0 Å². The van der Waals surface area contributed by atoms with Gasteiger partial charge in [0.05, 0.1) is 23.3 Å². The first-order valence-electron chi connectivity index (χ1n) is 8.46. The third-order valence-electron chi connectivity index (χ3n) is 4.13. The molecule has 4 nitrogen and oxygen atoms in total. The number of thiazole rings is 1. The molecule has 0 aliphatic carbocycles. The second-order valence-corrected chi connectivity index (χ2v) is 7.48. The third kappa shape index (κ3) is 4.87. The number of aromatic nitrogens is 1. The van der Waals surface area contributed by atoms with Crippen molar-refractivity contribution >= 4 is 27.5 Å². The lowest BCUT2D eigenvalue weighted by atomic mass is 10.0. The minimum absolute atomic E-state index is 0.0476. The predicted octanol–water partition coefficient (Wildman–Crippen LogP) is 3.65. The fraction of sp³-hybridized carbons (Fsp3) is 0.300. The van der Waals surface area contributed by atoms with Crippen molar-refractivity contribution in [3.63, 3.8) is 0 Å². The summed E-state index contributed by atoms with van der Waals surface area (Å²) in [5.74, 6) is 0.353. The van der Waals surface area contributed by atoms with Crippen molar-refractivity contribution < 1.29 is 4.79 Å². The van der Waals surface area contributed by atoms with Crippen LogP contribution in [-0.4, -0.2) is 35.9 Å². The van der Waals surface area contributed by atoms with Gasteiger partial charge in [-0.1, -0.05) is 49.4 Å². The van der Waals surface area contributed by atoms with Crippen molar-refractivity contribution in [2.45, 2.75) is 19.4 Å². The Morgan fingerprint density at radius 3 is 2.64 bits per heavy atom. The fourth-order valence-electron chi connectivity index (χ4n) is 2.74. The Morgan fingerprint density at radius 1 is 1.16 bits per heavy atom. The number of para-hydroxylation sites is 1. The predicted molar refractivity (Wildman–Crippen MR) is 104 cm³/mol. The number of hydrogen-bond acceptors (Lipinski definition) is 4. The molecule has 0 saturated carbocycles. The summed E-state index contributed by atoms with van der Waals surface area (Å²) in [6, 6.07) is 18.4. The number of benzene rings is 2. The minimum Gasteiger partial charge on any atom is -0.354 e. The molecule has 1 atom stereocenters. The first-order chi connectivity index (χ1) is 12.1. The van der Waals surface area contributed by atoms with E-state index in [9.17, 15) is 4.79 Å². The van der Waals surface area contributed by atoms with Gasteiger partial charge in [-0.3, -0.25) is 9.69 Å². The molecule has 3 aromatic rings. The minimum atomic E-state index is 0.0476. The molecule has 5 heteroatoms. The maximum absolute atomic E-state index is 12.2. The molecule has 2 aromatic carbocycles. The van der Waals surface area contributed by atoms with Gasteiger partial charge in [0.25, 0.3) is 0 Å². The van der Waals surface area contributed by atoms with E-state index in [1.807, 2.05) is 48.3 Å². The highest BCUT2D eigenvalue weighted by atomic mass is 32.1. The topological polar surface area (TPSA) is 45.2 Å². The van der Waals surface area contributed by atoms with Crippen LogP contribution in [0.15, 0.2) is 54.6 Å². The first kappa shape index (κ1) is 17.6. The van der Waals surface area contributed by atoms with Gasteiger partial charge in [0, 0.05) is 6.54 Å². The molecular formula is C20H23N3OS. The van der Waals surface area contributed by atoms with Gasteiger partial charge in [0.2, 0.25) is 5.91 Å². The highest BCUT2D eigenvalue weighted by Gasteiger charge is 2.12. The summed E-state index contributed by atoms with van der Waals surface area (Å²) in [4.78, 5) is 18.8. The Bertz CT molecular complexity index is 798. The van der Waals surface area contributed by atoms with Crippen LogP contribution >= 0.6 is 11.3 Å². The number of nitrogens with one attached hydrogen (secondary N) is 1. The van der Waals surface area contributed by atoms with Crippen LogP contribution in [0.5, 0.6) is 0 Å². The number of carbonyl (C=O) groups excluding carboxylic acids is 1. The second-order valence-electron chi connectivity index (χ2n) is 6.36. The zero-order chi connectivity index (χ0) is 17.6. The van der Waals surface area contributed by atoms with Gasteiger partial charge < -0.3 is 5.32 Å². The number of hydrogen-bond donors (Lipinski definition) is 1. The first-order valence-corrected chi connectivity index (χ1v) is 9.28. The SMILES string of the molecule is CC(CNC(=O)CN(C)Cc1nc2ccccc2s1)c1ccccc1. The summed E-state index contributed by atoms with van der Waals surface area (Å²) in [6.07, 6.45) is 0. The zero-order valence-electron chi connectivity index (χ0n) is 14.6. The molecule has 3 rings (SSSR count). The van der Waals surface area contributed by atoms with Crippen LogP contribution in [0.1, 0.15) is 23.4 Å². The van der Waals surface area contributed by atoms with E-state index in [-0.39, 0.29) is 5.91 Å². The van der Waals surface area contributed by atoms with E-state index in [4.69, 9.17) is 0 Å². The van der Waals surface area contributed by atoms with Gasteiger partial charge in [-0.25, -0.2) is 4.98 Å². The van der Waals surface area contributed by atoms with E-state index in [1.54, 1.807) is 11.3 Å². The standard InChI is InChI=1S/C20H23N3OS/c1-15(16-8-4-3-5-9-16)12-21-19(24)13-23(2)14-20-22-17-10-6-7-11-18(17)25-20/h3-11,15H,12-14H2,1-2H3,(H,21,24). The Morgan fingerprint density at radius 2 is 1.88 bits per heavy atom. The maximum Gasteiger partial charge on any atom is 0.234 e. The molecule has 0 fully saturated rings. The molecule has 1 unspecified atom stereocenters. The van der Waals surface area contributed by atoms with E-state index in [1.165, 1.54) is 10.3 Å². The molecule has 1 aromatic heterocycles. The average Bonchev–Trinajstić information content (AvgIpc) is 3.02. The summed E-state index contributed by atoms with van der Waals surface area (Å²) < 4.78 is 1.19. The van der Waals surface area contributed by atoms with Gasteiger partial charge in [0.1, 0.15) is 5.01 Å². The van der Waals surface area contributed by atoms with Gasteiger partial charge in [-0.05, 0) is 30.7 Å². The molecular weight excluding hydrogens is 330 g/mol. The summed E-state index contributed by atoms with van der Waals surface area (Å²) in [5, 5.41) is 4.06. The number of carbonyl (C=O) groups is 1. The molecule has 130 valence electrons. The van der Waals surface area contributed by atoms with Crippen molar-refractivity contribution in [1.29, 1.82) is 0 Å². The van der Waals surface area contributed by atoms with Gasteiger partial charge >= 0.3 is 0 Å². The van der Waals surface area contributed by atoms with Crippen molar-refractivity contribution in [2.24, 2.45) is 0 Å².